The summed E-state index contributed by atoms with van der Waals surface area (Å²) in [5.41, 5.74) is 6.90. The predicted octanol–water partition coefficient (Wildman–Crippen LogP) is 2.02. The van der Waals surface area contributed by atoms with Crippen molar-refractivity contribution in [3.8, 4) is 17.2 Å². The van der Waals surface area contributed by atoms with E-state index in [4.69, 9.17) is 14.2 Å². The number of methoxy groups -OCH3 is 3. The molecular formula is C19H22N2O5. The largest absolute Gasteiger partial charge is 0.493 e. The molecule has 0 atom stereocenters. The molecule has 0 saturated heterocycles. The minimum atomic E-state index is -0.393. The Kier molecular flexibility index (Phi) is 6.43. The lowest BCUT2D eigenvalue weighted by Gasteiger charge is -2.15. The molecule has 0 bridgehead atoms. The molecule has 0 saturated carbocycles. The van der Waals surface area contributed by atoms with E-state index in [1.807, 2.05) is 19.1 Å². The third kappa shape index (κ3) is 4.44. The molecule has 0 heterocycles. The van der Waals surface area contributed by atoms with E-state index >= 15 is 0 Å². The fraction of sp³-hybridized carbons (Fsp3) is 0.263. The first-order valence-corrected chi connectivity index (χ1v) is 7.93. The number of amides is 2. The number of benzene rings is 2. The minimum Gasteiger partial charge on any atom is -0.493 e. The Labute approximate surface area is 152 Å². The van der Waals surface area contributed by atoms with Crippen LogP contribution < -0.4 is 25.1 Å². The van der Waals surface area contributed by atoms with Gasteiger partial charge in [-0.2, -0.15) is 0 Å². The van der Waals surface area contributed by atoms with Crippen LogP contribution in [-0.4, -0.2) is 33.1 Å². The molecule has 0 aliphatic carbocycles. The van der Waals surface area contributed by atoms with Crippen molar-refractivity contribution < 1.29 is 23.8 Å². The van der Waals surface area contributed by atoms with Crippen LogP contribution in [0.2, 0.25) is 0 Å². The summed E-state index contributed by atoms with van der Waals surface area (Å²) in [6.45, 7) is 1.93. The van der Waals surface area contributed by atoms with Gasteiger partial charge in [0.15, 0.2) is 11.5 Å². The topological polar surface area (TPSA) is 85.9 Å². The lowest BCUT2D eigenvalue weighted by Crippen LogP contribution is -2.42. The van der Waals surface area contributed by atoms with E-state index in [0.717, 1.165) is 5.56 Å². The first-order chi connectivity index (χ1) is 12.5. The molecular weight excluding hydrogens is 336 g/mol. The van der Waals surface area contributed by atoms with Gasteiger partial charge in [-0.25, -0.2) is 0 Å². The molecule has 26 heavy (non-hydrogen) atoms. The van der Waals surface area contributed by atoms with Crippen molar-refractivity contribution in [1.82, 2.24) is 10.9 Å². The summed E-state index contributed by atoms with van der Waals surface area (Å²) in [6, 6.07) is 10.4. The van der Waals surface area contributed by atoms with Crippen LogP contribution in [0.15, 0.2) is 36.4 Å². The van der Waals surface area contributed by atoms with Crippen molar-refractivity contribution in [2.75, 3.05) is 21.3 Å². The monoisotopic (exact) mass is 358 g/mol. The summed E-state index contributed by atoms with van der Waals surface area (Å²) in [5.74, 6) is 0.533. The van der Waals surface area contributed by atoms with Gasteiger partial charge in [-0.15, -0.1) is 0 Å². The number of hydrogen-bond donors (Lipinski definition) is 2. The van der Waals surface area contributed by atoms with Gasteiger partial charge < -0.3 is 14.2 Å². The zero-order valence-electron chi connectivity index (χ0n) is 15.2. The third-order valence-corrected chi connectivity index (χ3v) is 3.77. The highest BCUT2D eigenvalue weighted by Gasteiger charge is 2.18. The van der Waals surface area contributed by atoms with E-state index in [2.05, 4.69) is 10.9 Å². The Bertz CT molecular complexity index is 787. The molecule has 2 aromatic carbocycles. The quantitative estimate of drug-likeness (QED) is 0.772. The van der Waals surface area contributed by atoms with Crippen LogP contribution in [0.1, 0.15) is 21.5 Å². The SMILES string of the molecule is COc1ccc(CC(=O)NNC(=O)c2ccc(C)cc2)c(OC)c1OC. The number of hydrogen-bond acceptors (Lipinski definition) is 5. The van der Waals surface area contributed by atoms with Crippen LogP contribution in [0.25, 0.3) is 0 Å². The number of aryl methyl sites for hydroxylation is 1. The van der Waals surface area contributed by atoms with Gasteiger partial charge in [0.1, 0.15) is 0 Å². The average molecular weight is 358 g/mol. The van der Waals surface area contributed by atoms with E-state index in [-0.39, 0.29) is 6.42 Å². The van der Waals surface area contributed by atoms with E-state index in [9.17, 15) is 9.59 Å². The maximum Gasteiger partial charge on any atom is 0.269 e. The summed E-state index contributed by atoms with van der Waals surface area (Å²) >= 11 is 0. The molecule has 2 amide bonds. The molecule has 7 heteroatoms. The summed E-state index contributed by atoms with van der Waals surface area (Å²) in [6.07, 6.45) is -0.00228. The van der Waals surface area contributed by atoms with Gasteiger partial charge in [0.25, 0.3) is 5.91 Å². The Morgan fingerprint density at radius 2 is 1.50 bits per heavy atom. The molecule has 0 radical (unpaired) electrons. The number of rotatable bonds is 6. The summed E-state index contributed by atoms with van der Waals surface area (Å²) in [4.78, 5) is 24.2. The van der Waals surface area contributed by atoms with Crippen LogP contribution in [-0.2, 0) is 11.2 Å². The Balaban J connectivity index is 2.03. The van der Waals surface area contributed by atoms with E-state index in [1.54, 1.807) is 24.3 Å². The van der Waals surface area contributed by atoms with Crippen LogP contribution >= 0.6 is 0 Å². The minimum absolute atomic E-state index is 0.00228. The Morgan fingerprint density at radius 1 is 0.846 bits per heavy atom. The molecule has 0 aliphatic heterocycles. The summed E-state index contributed by atoms with van der Waals surface area (Å²) in [5, 5.41) is 0. The smallest absolute Gasteiger partial charge is 0.269 e. The summed E-state index contributed by atoms with van der Waals surface area (Å²) in [7, 11) is 4.49. The number of carbonyl (C=O) groups excluding carboxylic acids is 2. The van der Waals surface area contributed by atoms with Gasteiger partial charge in [-0.3, -0.25) is 20.4 Å². The average Bonchev–Trinajstić information content (AvgIpc) is 2.66. The van der Waals surface area contributed by atoms with Gasteiger partial charge >= 0.3 is 0 Å². The zero-order chi connectivity index (χ0) is 19.1. The van der Waals surface area contributed by atoms with Crippen LogP contribution in [0.5, 0.6) is 17.2 Å². The number of nitrogens with one attached hydrogen (secondary N) is 2. The van der Waals surface area contributed by atoms with Crippen molar-refractivity contribution in [2.24, 2.45) is 0 Å². The molecule has 2 N–H and O–H groups in total. The first-order valence-electron chi connectivity index (χ1n) is 7.93. The molecule has 7 nitrogen and oxygen atoms in total. The van der Waals surface area contributed by atoms with E-state index < -0.39 is 11.8 Å². The van der Waals surface area contributed by atoms with Crippen molar-refractivity contribution in [3.63, 3.8) is 0 Å². The van der Waals surface area contributed by atoms with Gasteiger partial charge in [-0.1, -0.05) is 23.8 Å². The number of carbonyl (C=O) groups is 2. The fourth-order valence-electron chi connectivity index (χ4n) is 2.42. The molecule has 0 aromatic heterocycles. The third-order valence-electron chi connectivity index (χ3n) is 3.77. The molecule has 138 valence electrons. The molecule has 0 fully saturated rings. The van der Waals surface area contributed by atoms with Gasteiger partial charge in [0, 0.05) is 11.1 Å². The Morgan fingerprint density at radius 3 is 2.08 bits per heavy atom. The number of ether oxygens (including phenoxy) is 3. The predicted molar refractivity (Wildman–Crippen MR) is 96.6 cm³/mol. The lowest BCUT2D eigenvalue weighted by molar-refractivity contribution is -0.121. The molecule has 0 spiro atoms. The molecule has 0 unspecified atom stereocenters. The lowest BCUT2D eigenvalue weighted by atomic mass is 10.1. The Hall–Kier alpha value is -3.22. The first kappa shape index (κ1) is 19.1. The highest BCUT2D eigenvalue weighted by Crippen LogP contribution is 2.39. The number of hydrazine groups is 1. The van der Waals surface area contributed by atoms with Crippen LogP contribution in [0, 0.1) is 6.92 Å². The van der Waals surface area contributed by atoms with E-state index in [1.165, 1.54) is 21.3 Å². The van der Waals surface area contributed by atoms with Gasteiger partial charge in [0.05, 0.1) is 27.8 Å². The molecule has 2 aromatic rings. The van der Waals surface area contributed by atoms with Gasteiger partial charge in [-0.05, 0) is 25.1 Å². The maximum atomic E-state index is 12.2. The molecule has 2 rings (SSSR count). The van der Waals surface area contributed by atoms with Crippen molar-refractivity contribution in [1.29, 1.82) is 0 Å². The highest BCUT2D eigenvalue weighted by molar-refractivity contribution is 5.95. The van der Waals surface area contributed by atoms with Crippen LogP contribution in [0.3, 0.4) is 0 Å². The summed E-state index contributed by atoms with van der Waals surface area (Å²) < 4.78 is 15.9. The van der Waals surface area contributed by atoms with Crippen molar-refractivity contribution >= 4 is 11.8 Å². The van der Waals surface area contributed by atoms with E-state index in [0.29, 0.717) is 28.4 Å². The maximum absolute atomic E-state index is 12.2. The highest BCUT2D eigenvalue weighted by atomic mass is 16.5. The van der Waals surface area contributed by atoms with Crippen molar-refractivity contribution in [3.05, 3.63) is 53.1 Å². The molecule has 0 aliphatic rings. The van der Waals surface area contributed by atoms with Crippen LogP contribution in [0.4, 0.5) is 0 Å². The van der Waals surface area contributed by atoms with Crippen molar-refractivity contribution in [2.45, 2.75) is 13.3 Å². The zero-order valence-corrected chi connectivity index (χ0v) is 15.2. The van der Waals surface area contributed by atoms with Gasteiger partial charge in [0.2, 0.25) is 11.7 Å². The standard InChI is InChI=1S/C19H22N2O5/c1-12-5-7-13(8-6-12)19(23)21-20-16(22)11-14-9-10-15(24-2)18(26-4)17(14)25-3/h5-10H,11H2,1-4H3,(H,20,22)(H,21,23). The second-order valence-corrected chi connectivity index (χ2v) is 5.54. The second-order valence-electron chi connectivity index (χ2n) is 5.54. The fourth-order valence-corrected chi connectivity index (χ4v) is 2.42. The second kappa shape index (κ2) is 8.75. The normalized spacial score (nSPS) is 10.0.